The van der Waals surface area contributed by atoms with Gasteiger partial charge in [0.1, 0.15) is 5.60 Å². The largest absolute Gasteiger partial charge is 0.370 e. The second-order valence-corrected chi connectivity index (χ2v) is 3.74. The lowest BCUT2D eigenvalue weighted by molar-refractivity contribution is -0.0450. The molecule has 4 heteroatoms. The number of rotatable bonds is 3. The van der Waals surface area contributed by atoms with Crippen molar-refractivity contribution < 1.29 is 13.9 Å². The summed E-state index contributed by atoms with van der Waals surface area (Å²) in [5, 5.41) is 0. The van der Waals surface area contributed by atoms with Gasteiger partial charge in [0, 0.05) is 13.3 Å². The number of methoxy groups -OCH3 is 1. The van der Waals surface area contributed by atoms with Crippen molar-refractivity contribution in [1.82, 2.24) is 4.98 Å². The lowest BCUT2D eigenvalue weighted by Gasteiger charge is -2.38. The molecule has 1 aliphatic carbocycles. The lowest BCUT2D eigenvalue weighted by Crippen LogP contribution is -2.47. The van der Waals surface area contributed by atoms with E-state index < -0.39 is 11.4 Å². The molecule has 80 valence electrons. The maximum atomic E-state index is 13.3. The van der Waals surface area contributed by atoms with Gasteiger partial charge in [-0.3, -0.25) is 9.78 Å². The second kappa shape index (κ2) is 3.70. The van der Waals surface area contributed by atoms with E-state index in [1.165, 1.54) is 19.4 Å². The number of Topliss-reactive ketones (excluding diaryl/α,β-unsaturated/α-hetero) is 1. The number of pyridine rings is 1. The molecule has 1 aromatic rings. The molecule has 0 saturated heterocycles. The van der Waals surface area contributed by atoms with E-state index in [2.05, 4.69) is 4.98 Å². The van der Waals surface area contributed by atoms with E-state index in [1.54, 1.807) is 0 Å². The van der Waals surface area contributed by atoms with Crippen LogP contribution in [0, 0.1) is 5.82 Å². The number of halogens is 1. The van der Waals surface area contributed by atoms with Crippen molar-refractivity contribution in [3.05, 3.63) is 29.8 Å². The van der Waals surface area contributed by atoms with Gasteiger partial charge >= 0.3 is 0 Å². The van der Waals surface area contributed by atoms with Crippen LogP contribution in [0.3, 0.4) is 0 Å². The van der Waals surface area contributed by atoms with Gasteiger partial charge in [0.25, 0.3) is 0 Å². The summed E-state index contributed by atoms with van der Waals surface area (Å²) < 4.78 is 18.5. The van der Waals surface area contributed by atoms with Crippen LogP contribution in [-0.2, 0) is 4.74 Å². The zero-order valence-electron chi connectivity index (χ0n) is 8.50. The standard InChI is InChI=1S/C11H12FNO2/c1-15-11(4-2-5-11)10(14)8-3-6-13-7-9(8)12/h3,6-7H,2,4-5H2,1H3. The summed E-state index contributed by atoms with van der Waals surface area (Å²) in [5.74, 6) is -0.845. The molecule has 0 aromatic carbocycles. The summed E-state index contributed by atoms with van der Waals surface area (Å²) in [4.78, 5) is 15.6. The summed E-state index contributed by atoms with van der Waals surface area (Å²) in [6, 6.07) is 1.40. The molecule has 0 unspecified atom stereocenters. The summed E-state index contributed by atoms with van der Waals surface area (Å²) in [6.45, 7) is 0. The molecule has 0 radical (unpaired) electrons. The third-order valence-electron chi connectivity index (χ3n) is 2.98. The van der Waals surface area contributed by atoms with Gasteiger partial charge in [-0.1, -0.05) is 0 Å². The van der Waals surface area contributed by atoms with Gasteiger partial charge in [0.05, 0.1) is 11.8 Å². The van der Waals surface area contributed by atoms with E-state index in [1.807, 2.05) is 0 Å². The first-order chi connectivity index (χ1) is 7.19. The Labute approximate surface area is 87.3 Å². The van der Waals surface area contributed by atoms with Crippen molar-refractivity contribution in [2.45, 2.75) is 24.9 Å². The number of carbonyl (C=O) groups excluding carboxylic acids is 1. The van der Waals surface area contributed by atoms with Crippen LogP contribution >= 0.6 is 0 Å². The first kappa shape index (κ1) is 10.2. The van der Waals surface area contributed by atoms with Crippen LogP contribution in [0.5, 0.6) is 0 Å². The molecule has 0 spiro atoms. The van der Waals surface area contributed by atoms with Gasteiger partial charge < -0.3 is 4.74 Å². The molecule has 0 amide bonds. The number of ether oxygens (including phenoxy) is 1. The van der Waals surface area contributed by atoms with Crippen LogP contribution in [0.1, 0.15) is 29.6 Å². The second-order valence-electron chi connectivity index (χ2n) is 3.74. The predicted molar refractivity (Wildman–Crippen MR) is 52.1 cm³/mol. The quantitative estimate of drug-likeness (QED) is 0.714. The first-order valence-corrected chi connectivity index (χ1v) is 4.89. The highest BCUT2D eigenvalue weighted by molar-refractivity contribution is 6.03. The van der Waals surface area contributed by atoms with Gasteiger partial charge in [-0.05, 0) is 25.3 Å². The Morgan fingerprint density at radius 1 is 1.60 bits per heavy atom. The molecule has 0 atom stereocenters. The molecule has 2 rings (SSSR count). The van der Waals surface area contributed by atoms with Crippen molar-refractivity contribution in [3.8, 4) is 0 Å². The van der Waals surface area contributed by atoms with Gasteiger partial charge in [-0.2, -0.15) is 0 Å². The zero-order valence-corrected chi connectivity index (χ0v) is 8.50. The molecule has 1 heterocycles. The first-order valence-electron chi connectivity index (χ1n) is 4.89. The SMILES string of the molecule is COC1(C(=O)c2ccncc2F)CCC1. The van der Waals surface area contributed by atoms with Crippen LogP contribution in [0.2, 0.25) is 0 Å². The van der Waals surface area contributed by atoms with E-state index in [0.717, 1.165) is 12.6 Å². The van der Waals surface area contributed by atoms with Crippen LogP contribution in [0.15, 0.2) is 18.5 Å². The van der Waals surface area contributed by atoms with E-state index in [9.17, 15) is 9.18 Å². The highest BCUT2D eigenvalue weighted by Gasteiger charge is 2.45. The Hall–Kier alpha value is -1.29. The minimum absolute atomic E-state index is 0.0755. The normalized spacial score (nSPS) is 18.3. The van der Waals surface area contributed by atoms with Crippen molar-refractivity contribution in [2.24, 2.45) is 0 Å². The summed E-state index contributed by atoms with van der Waals surface area (Å²) in [6.07, 6.45) is 4.76. The third kappa shape index (κ3) is 1.55. The van der Waals surface area contributed by atoms with Gasteiger partial charge in [-0.15, -0.1) is 0 Å². The number of carbonyl (C=O) groups is 1. The highest BCUT2D eigenvalue weighted by Crippen LogP contribution is 2.38. The lowest BCUT2D eigenvalue weighted by atomic mass is 9.75. The van der Waals surface area contributed by atoms with Crippen LogP contribution in [-0.4, -0.2) is 23.5 Å². The van der Waals surface area contributed by atoms with Crippen molar-refractivity contribution >= 4 is 5.78 Å². The van der Waals surface area contributed by atoms with Crippen molar-refractivity contribution in [3.63, 3.8) is 0 Å². The van der Waals surface area contributed by atoms with Gasteiger partial charge in [0.15, 0.2) is 11.6 Å². The summed E-state index contributed by atoms with van der Waals surface area (Å²) in [5.41, 5.74) is -0.714. The molecule has 1 fully saturated rings. The smallest absolute Gasteiger partial charge is 0.197 e. The Morgan fingerprint density at radius 3 is 2.80 bits per heavy atom. The van der Waals surface area contributed by atoms with Crippen LogP contribution in [0.4, 0.5) is 4.39 Å². The number of hydrogen-bond acceptors (Lipinski definition) is 3. The van der Waals surface area contributed by atoms with E-state index in [0.29, 0.717) is 12.8 Å². The summed E-state index contributed by atoms with van der Waals surface area (Å²) in [7, 11) is 1.50. The Bertz CT molecular complexity index is 382. The molecule has 1 saturated carbocycles. The molecular weight excluding hydrogens is 197 g/mol. The Balaban J connectivity index is 2.32. The van der Waals surface area contributed by atoms with Gasteiger partial charge in [-0.25, -0.2) is 4.39 Å². The average Bonchev–Trinajstić information content (AvgIpc) is 2.17. The molecule has 0 aliphatic heterocycles. The topological polar surface area (TPSA) is 39.2 Å². The fraction of sp³-hybridized carbons (Fsp3) is 0.455. The molecule has 1 aromatic heterocycles. The zero-order chi connectivity index (χ0) is 10.9. The predicted octanol–water partition coefficient (Wildman–Crippen LogP) is 1.97. The molecule has 3 nitrogen and oxygen atoms in total. The maximum absolute atomic E-state index is 13.3. The average molecular weight is 209 g/mol. The molecule has 0 N–H and O–H groups in total. The number of nitrogens with zero attached hydrogens (tertiary/aromatic N) is 1. The van der Waals surface area contributed by atoms with E-state index >= 15 is 0 Å². The molecule has 15 heavy (non-hydrogen) atoms. The maximum Gasteiger partial charge on any atom is 0.197 e. The van der Waals surface area contributed by atoms with Crippen molar-refractivity contribution in [2.75, 3.05) is 7.11 Å². The van der Waals surface area contributed by atoms with Crippen molar-refractivity contribution in [1.29, 1.82) is 0 Å². The summed E-state index contributed by atoms with van der Waals surface area (Å²) >= 11 is 0. The third-order valence-corrected chi connectivity index (χ3v) is 2.98. The number of hydrogen-bond donors (Lipinski definition) is 0. The van der Waals surface area contributed by atoms with Gasteiger partial charge in [0.2, 0.25) is 0 Å². The minimum atomic E-state index is -0.789. The Morgan fingerprint density at radius 2 is 2.33 bits per heavy atom. The minimum Gasteiger partial charge on any atom is -0.370 e. The Kier molecular flexibility index (Phi) is 2.52. The highest BCUT2D eigenvalue weighted by atomic mass is 19.1. The molecule has 0 bridgehead atoms. The molecule has 1 aliphatic rings. The monoisotopic (exact) mass is 209 g/mol. The number of ketones is 1. The van der Waals surface area contributed by atoms with Crippen LogP contribution in [0.25, 0.3) is 0 Å². The molecular formula is C11H12FNO2. The van der Waals surface area contributed by atoms with Crippen LogP contribution < -0.4 is 0 Å². The van der Waals surface area contributed by atoms with E-state index in [-0.39, 0.29) is 11.3 Å². The number of aromatic nitrogens is 1. The fourth-order valence-corrected chi connectivity index (χ4v) is 1.83. The fourth-order valence-electron chi connectivity index (χ4n) is 1.83. The van der Waals surface area contributed by atoms with E-state index in [4.69, 9.17) is 4.74 Å².